The van der Waals surface area contributed by atoms with Gasteiger partial charge < -0.3 is 0 Å². The first-order valence-corrected chi connectivity index (χ1v) is 3.74. The lowest BCUT2D eigenvalue weighted by Crippen LogP contribution is -2.26. The Balaban J connectivity index is 2.33. The van der Waals surface area contributed by atoms with E-state index in [0.717, 1.165) is 13.0 Å². The van der Waals surface area contributed by atoms with Crippen molar-refractivity contribution in [3.05, 3.63) is 41.9 Å². The van der Waals surface area contributed by atoms with Crippen LogP contribution in [-0.4, -0.2) is 0 Å². The van der Waals surface area contributed by atoms with Gasteiger partial charge in [0.25, 0.3) is 0 Å². The number of hydrogen-bond acceptors (Lipinski definition) is 2. The van der Waals surface area contributed by atoms with E-state index in [1.807, 2.05) is 0 Å². The zero-order valence-corrected chi connectivity index (χ0v) is 6.22. The molecule has 0 saturated heterocycles. The highest BCUT2D eigenvalue weighted by molar-refractivity contribution is 5.28. The molecule has 0 atom stereocenters. The van der Waals surface area contributed by atoms with Gasteiger partial charge in [0.2, 0.25) is 0 Å². The van der Waals surface area contributed by atoms with Crippen molar-refractivity contribution in [3.63, 3.8) is 0 Å². The first kappa shape index (κ1) is 6.83. The monoisotopic (exact) mass is 146 g/mol. The largest absolute Gasteiger partial charge is 0.253 e. The molecule has 2 radical (unpaired) electrons. The van der Waals surface area contributed by atoms with Crippen LogP contribution in [0.2, 0.25) is 0 Å². The minimum atomic E-state index is 0.878. The van der Waals surface area contributed by atoms with Crippen LogP contribution in [0.15, 0.2) is 24.3 Å². The summed E-state index contributed by atoms with van der Waals surface area (Å²) >= 11 is 0. The Labute approximate surface area is 66.6 Å². The number of hydrogen-bond donors (Lipinski definition) is 2. The van der Waals surface area contributed by atoms with E-state index in [1.165, 1.54) is 11.1 Å². The third kappa shape index (κ3) is 1.42. The van der Waals surface area contributed by atoms with Crippen molar-refractivity contribution in [3.8, 4) is 0 Å². The van der Waals surface area contributed by atoms with E-state index in [-0.39, 0.29) is 0 Å². The van der Waals surface area contributed by atoms with E-state index in [9.17, 15) is 0 Å². The SMILES string of the molecule is [C]1Cc2ccccc2CNN1. The second-order valence-corrected chi connectivity index (χ2v) is 2.60. The van der Waals surface area contributed by atoms with Crippen LogP contribution in [0, 0.1) is 6.54 Å². The van der Waals surface area contributed by atoms with E-state index >= 15 is 0 Å². The smallest absolute Gasteiger partial charge is 0.0797 e. The predicted molar refractivity (Wildman–Crippen MR) is 43.4 cm³/mol. The fraction of sp³-hybridized carbons (Fsp3) is 0.222. The van der Waals surface area contributed by atoms with Crippen molar-refractivity contribution in [2.24, 2.45) is 0 Å². The zero-order valence-electron chi connectivity index (χ0n) is 6.22. The fourth-order valence-corrected chi connectivity index (χ4v) is 1.24. The van der Waals surface area contributed by atoms with E-state index < -0.39 is 0 Å². The Bertz CT molecular complexity index is 220. The lowest BCUT2D eigenvalue weighted by atomic mass is 10.1. The topological polar surface area (TPSA) is 24.1 Å². The summed E-state index contributed by atoms with van der Waals surface area (Å²) in [7, 11) is 0. The summed E-state index contributed by atoms with van der Waals surface area (Å²) in [4.78, 5) is 0. The molecule has 0 bridgehead atoms. The highest BCUT2D eigenvalue weighted by atomic mass is 15.3. The van der Waals surface area contributed by atoms with Gasteiger partial charge in [-0.15, -0.1) is 0 Å². The molecular weight excluding hydrogens is 136 g/mol. The van der Waals surface area contributed by atoms with Crippen molar-refractivity contribution in [2.45, 2.75) is 13.0 Å². The molecule has 0 saturated carbocycles. The van der Waals surface area contributed by atoms with Crippen molar-refractivity contribution < 1.29 is 0 Å². The predicted octanol–water partition coefficient (Wildman–Crippen LogP) is 0.876. The third-order valence-electron chi connectivity index (χ3n) is 1.85. The van der Waals surface area contributed by atoms with Gasteiger partial charge in [0.05, 0.1) is 6.54 Å². The summed E-state index contributed by atoms with van der Waals surface area (Å²) in [6.07, 6.45) is 0.878. The molecule has 1 aliphatic rings. The van der Waals surface area contributed by atoms with Crippen LogP contribution in [0.25, 0.3) is 0 Å². The van der Waals surface area contributed by atoms with Crippen molar-refractivity contribution in [1.82, 2.24) is 10.9 Å². The summed E-state index contributed by atoms with van der Waals surface area (Å²) in [5.74, 6) is 0. The van der Waals surface area contributed by atoms with Gasteiger partial charge in [-0.2, -0.15) is 0 Å². The molecule has 0 spiro atoms. The molecule has 2 N–H and O–H groups in total. The minimum absolute atomic E-state index is 0.878. The number of hydrazine groups is 1. The molecule has 1 aromatic rings. The van der Waals surface area contributed by atoms with Crippen molar-refractivity contribution in [1.29, 1.82) is 0 Å². The highest BCUT2D eigenvalue weighted by Gasteiger charge is 2.04. The molecule has 2 nitrogen and oxygen atoms in total. The summed E-state index contributed by atoms with van der Waals surface area (Å²) in [6, 6.07) is 8.39. The van der Waals surface area contributed by atoms with Crippen molar-refractivity contribution >= 4 is 0 Å². The van der Waals surface area contributed by atoms with Crippen molar-refractivity contribution in [2.75, 3.05) is 0 Å². The van der Waals surface area contributed by atoms with E-state index in [4.69, 9.17) is 0 Å². The molecule has 0 unspecified atom stereocenters. The summed E-state index contributed by atoms with van der Waals surface area (Å²) in [5.41, 5.74) is 8.64. The van der Waals surface area contributed by atoms with Gasteiger partial charge in [-0.1, -0.05) is 24.3 Å². The summed E-state index contributed by atoms with van der Waals surface area (Å²) in [5, 5.41) is 0. The Morgan fingerprint density at radius 2 is 2.00 bits per heavy atom. The molecule has 2 heteroatoms. The van der Waals surface area contributed by atoms with E-state index in [1.54, 1.807) is 0 Å². The maximum Gasteiger partial charge on any atom is 0.0797 e. The van der Waals surface area contributed by atoms with Gasteiger partial charge in [0.15, 0.2) is 0 Å². The van der Waals surface area contributed by atoms with Crippen LogP contribution < -0.4 is 10.9 Å². The van der Waals surface area contributed by atoms with Gasteiger partial charge in [-0.3, -0.25) is 5.43 Å². The van der Waals surface area contributed by atoms with Gasteiger partial charge in [0.1, 0.15) is 0 Å². The molecular formula is C9H10N2. The van der Waals surface area contributed by atoms with Gasteiger partial charge in [-0.05, 0) is 17.5 Å². The van der Waals surface area contributed by atoms with E-state index in [0.29, 0.717) is 0 Å². The Morgan fingerprint density at radius 3 is 2.91 bits per heavy atom. The number of rotatable bonds is 0. The van der Waals surface area contributed by atoms with Crippen LogP contribution in [0.4, 0.5) is 0 Å². The van der Waals surface area contributed by atoms with Crippen LogP contribution in [0.3, 0.4) is 0 Å². The van der Waals surface area contributed by atoms with Crippen LogP contribution >= 0.6 is 0 Å². The van der Waals surface area contributed by atoms with Crippen LogP contribution in [-0.2, 0) is 13.0 Å². The first-order valence-electron chi connectivity index (χ1n) is 3.74. The quantitative estimate of drug-likeness (QED) is 0.567. The zero-order chi connectivity index (χ0) is 7.52. The molecule has 11 heavy (non-hydrogen) atoms. The molecule has 2 rings (SSSR count). The summed E-state index contributed by atoms with van der Waals surface area (Å²) in [6.45, 7) is 3.92. The third-order valence-corrected chi connectivity index (χ3v) is 1.85. The Hall–Kier alpha value is -0.860. The van der Waals surface area contributed by atoms with Crippen LogP contribution in [0.1, 0.15) is 11.1 Å². The van der Waals surface area contributed by atoms with Crippen LogP contribution in [0.5, 0.6) is 0 Å². The number of fused-ring (bicyclic) bond motifs is 1. The maximum absolute atomic E-state index is 3.04. The normalized spacial score (nSPS) is 17.1. The second-order valence-electron chi connectivity index (χ2n) is 2.60. The van der Waals surface area contributed by atoms with Gasteiger partial charge in [-0.25, -0.2) is 5.43 Å². The highest BCUT2D eigenvalue weighted by Crippen LogP contribution is 2.11. The molecule has 1 heterocycles. The lowest BCUT2D eigenvalue weighted by molar-refractivity contribution is 0.601. The molecule has 56 valence electrons. The molecule has 0 aliphatic carbocycles. The van der Waals surface area contributed by atoms with Gasteiger partial charge in [0, 0.05) is 6.54 Å². The van der Waals surface area contributed by atoms with E-state index in [2.05, 4.69) is 41.7 Å². The minimum Gasteiger partial charge on any atom is -0.253 e. The average molecular weight is 146 g/mol. The number of nitrogens with one attached hydrogen (secondary N) is 2. The second kappa shape index (κ2) is 3.03. The molecule has 1 aliphatic heterocycles. The molecule has 0 amide bonds. The first-order chi connectivity index (χ1) is 5.47. The molecule has 0 aromatic heterocycles. The Morgan fingerprint density at radius 1 is 1.18 bits per heavy atom. The van der Waals surface area contributed by atoms with Gasteiger partial charge >= 0.3 is 0 Å². The fourth-order valence-electron chi connectivity index (χ4n) is 1.24. The number of benzene rings is 1. The lowest BCUT2D eigenvalue weighted by Gasteiger charge is -2.01. The average Bonchev–Trinajstić information content (AvgIpc) is 2.28. The molecule has 1 aromatic carbocycles. The Kier molecular flexibility index (Phi) is 1.88. The maximum atomic E-state index is 3.04. The standard InChI is InChI=1S/C9H10N2/c1-2-4-9-7-11-10-6-5-8(9)3-1/h1-4,10-11H,5,7H2. The molecule has 0 fully saturated rings. The summed E-state index contributed by atoms with van der Waals surface area (Å²) < 4.78 is 0.